The zero-order valence-electron chi connectivity index (χ0n) is 18.8. The van der Waals surface area contributed by atoms with E-state index in [-0.39, 0.29) is 10.9 Å². The number of aromatic nitrogens is 3. The monoisotopic (exact) mass is 464 g/mol. The fourth-order valence-corrected chi connectivity index (χ4v) is 5.06. The van der Waals surface area contributed by atoms with Gasteiger partial charge >= 0.3 is 0 Å². The summed E-state index contributed by atoms with van der Waals surface area (Å²) in [7, 11) is -3.69. The lowest BCUT2D eigenvalue weighted by atomic mass is 10.1. The minimum absolute atomic E-state index is 0.234. The van der Waals surface area contributed by atoms with Crippen molar-refractivity contribution in [2.45, 2.75) is 37.8 Å². The Bertz CT molecular complexity index is 1300. The minimum Gasteiger partial charge on any atom is -0.380 e. The first-order chi connectivity index (χ1) is 16.0. The van der Waals surface area contributed by atoms with E-state index in [1.807, 2.05) is 62.4 Å². The average molecular weight is 465 g/mol. The van der Waals surface area contributed by atoms with Crippen molar-refractivity contribution >= 4 is 21.1 Å². The van der Waals surface area contributed by atoms with Gasteiger partial charge in [-0.2, -0.15) is 0 Å². The molecule has 1 unspecified atom stereocenters. The summed E-state index contributed by atoms with van der Waals surface area (Å²) in [5.41, 5.74) is 3.89. The van der Waals surface area contributed by atoms with Crippen LogP contribution in [0.5, 0.6) is 0 Å². The lowest BCUT2D eigenvalue weighted by Crippen LogP contribution is -2.39. The van der Waals surface area contributed by atoms with Crippen LogP contribution in [0, 0.1) is 6.92 Å². The van der Waals surface area contributed by atoms with Gasteiger partial charge in [0.2, 0.25) is 10.0 Å². The van der Waals surface area contributed by atoms with Crippen molar-refractivity contribution in [3.8, 4) is 0 Å². The maximum atomic E-state index is 13.1. The van der Waals surface area contributed by atoms with Crippen molar-refractivity contribution in [3.05, 3.63) is 90.0 Å². The number of hydrogen-bond acceptors (Lipinski definition) is 5. The highest BCUT2D eigenvalue weighted by molar-refractivity contribution is 7.89. The molecule has 4 rings (SSSR count). The van der Waals surface area contributed by atoms with Gasteiger partial charge in [0.15, 0.2) is 0 Å². The maximum absolute atomic E-state index is 13.1. The van der Waals surface area contributed by atoms with Crippen molar-refractivity contribution in [2.75, 3.05) is 13.2 Å². The van der Waals surface area contributed by atoms with Gasteiger partial charge in [-0.15, -0.1) is 0 Å². The molecule has 8 heteroatoms. The summed E-state index contributed by atoms with van der Waals surface area (Å²) in [6.45, 7) is 5.29. The predicted molar refractivity (Wildman–Crippen MR) is 129 cm³/mol. The number of rotatable bonds is 10. The number of ether oxygens (including phenoxy) is 1. The molecule has 172 valence electrons. The Kier molecular flexibility index (Phi) is 7.17. The molecule has 4 aromatic rings. The SMILES string of the molecule is CCOCC(Cc1ccccc1)NS(=O)(=O)c1ccc(Cn2c(C)nc3cnccc32)cc1. The molecule has 0 fully saturated rings. The summed E-state index contributed by atoms with van der Waals surface area (Å²) in [5, 5.41) is 0. The molecule has 0 saturated carbocycles. The van der Waals surface area contributed by atoms with Crippen LogP contribution in [0.1, 0.15) is 23.9 Å². The summed E-state index contributed by atoms with van der Waals surface area (Å²) in [6.07, 6.45) is 4.05. The first kappa shape index (κ1) is 23.1. The third kappa shape index (κ3) is 5.65. The molecular weight excluding hydrogens is 436 g/mol. The molecule has 0 aliphatic rings. The van der Waals surface area contributed by atoms with E-state index in [1.54, 1.807) is 24.5 Å². The Labute approximate surface area is 194 Å². The van der Waals surface area contributed by atoms with Crippen LogP contribution in [-0.2, 0) is 27.7 Å². The van der Waals surface area contributed by atoms with E-state index in [0.29, 0.717) is 26.2 Å². The molecule has 2 aromatic carbocycles. The lowest BCUT2D eigenvalue weighted by molar-refractivity contribution is 0.129. The van der Waals surface area contributed by atoms with Gasteiger partial charge in [-0.25, -0.2) is 18.1 Å². The van der Waals surface area contributed by atoms with Crippen molar-refractivity contribution < 1.29 is 13.2 Å². The predicted octanol–water partition coefficient (Wildman–Crippen LogP) is 3.71. The second-order valence-electron chi connectivity index (χ2n) is 7.92. The number of nitrogens with zero attached hydrogens (tertiary/aromatic N) is 3. The quantitative estimate of drug-likeness (QED) is 0.387. The molecule has 7 nitrogen and oxygen atoms in total. The van der Waals surface area contributed by atoms with Gasteiger partial charge in [0, 0.05) is 25.4 Å². The average Bonchev–Trinajstić information content (AvgIpc) is 3.13. The van der Waals surface area contributed by atoms with Gasteiger partial charge in [0.05, 0.1) is 23.2 Å². The molecule has 0 saturated heterocycles. The summed E-state index contributed by atoms with van der Waals surface area (Å²) < 4.78 is 36.6. The maximum Gasteiger partial charge on any atom is 0.240 e. The van der Waals surface area contributed by atoms with Gasteiger partial charge in [0.1, 0.15) is 11.3 Å². The van der Waals surface area contributed by atoms with Gasteiger partial charge in [-0.05, 0) is 49.6 Å². The van der Waals surface area contributed by atoms with Crippen LogP contribution in [0.15, 0.2) is 78.0 Å². The molecule has 1 atom stereocenters. The van der Waals surface area contributed by atoms with Crippen LogP contribution in [0.25, 0.3) is 11.0 Å². The van der Waals surface area contributed by atoms with Crippen molar-refractivity contribution in [1.29, 1.82) is 0 Å². The minimum atomic E-state index is -3.69. The fourth-order valence-electron chi connectivity index (χ4n) is 3.84. The van der Waals surface area contributed by atoms with Crippen LogP contribution in [0.3, 0.4) is 0 Å². The van der Waals surface area contributed by atoms with E-state index < -0.39 is 10.0 Å². The van der Waals surface area contributed by atoms with Gasteiger partial charge in [0.25, 0.3) is 0 Å². The first-order valence-electron chi connectivity index (χ1n) is 11.0. The highest BCUT2D eigenvalue weighted by Crippen LogP contribution is 2.18. The van der Waals surface area contributed by atoms with E-state index in [0.717, 1.165) is 28.0 Å². The van der Waals surface area contributed by atoms with Crippen molar-refractivity contribution in [1.82, 2.24) is 19.3 Å². The highest BCUT2D eigenvalue weighted by Gasteiger charge is 2.21. The summed E-state index contributed by atoms with van der Waals surface area (Å²) >= 11 is 0. The topological polar surface area (TPSA) is 86.1 Å². The van der Waals surface area contributed by atoms with Gasteiger partial charge in [-0.1, -0.05) is 42.5 Å². The van der Waals surface area contributed by atoms with Gasteiger partial charge in [-0.3, -0.25) is 4.98 Å². The van der Waals surface area contributed by atoms with Crippen LogP contribution < -0.4 is 4.72 Å². The number of sulfonamides is 1. The largest absolute Gasteiger partial charge is 0.380 e. The molecule has 0 aliphatic heterocycles. The molecule has 33 heavy (non-hydrogen) atoms. The summed E-state index contributed by atoms with van der Waals surface area (Å²) in [6, 6.07) is 18.4. The Morgan fingerprint density at radius 2 is 1.79 bits per heavy atom. The second kappa shape index (κ2) is 10.2. The summed E-state index contributed by atoms with van der Waals surface area (Å²) in [5.74, 6) is 0.885. The molecule has 1 N–H and O–H groups in total. The Balaban J connectivity index is 1.49. The number of pyridine rings is 1. The highest BCUT2D eigenvalue weighted by atomic mass is 32.2. The fraction of sp³-hybridized carbons (Fsp3) is 0.280. The zero-order chi connectivity index (χ0) is 23.3. The Morgan fingerprint density at radius 1 is 1.03 bits per heavy atom. The van der Waals surface area contributed by atoms with Crippen molar-refractivity contribution in [2.24, 2.45) is 0 Å². The molecule has 0 bridgehead atoms. The van der Waals surface area contributed by atoms with E-state index in [4.69, 9.17) is 4.74 Å². The van der Waals surface area contributed by atoms with Crippen molar-refractivity contribution in [3.63, 3.8) is 0 Å². The smallest absolute Gasteiger partial charge is 0.240 e. The molecule has 0 radical (unpaired) electrons. The molecule has 2 heterocycles. The Morgan fingerprint density at radius 3 is 2.52 bits per heavy atom. The van der Waals surface area contributed by atoms with Crippen LogP contribution in [-0.4, -0.2) is 42.2 Å². The van der Waals surface area contributed by atoms with E-state index >= 15 is 0 Å². The van der Waals surface area contributed by atoms with E-state index in [9.17, 15) is 8.42 Å². The second-order valence-corrected chi connectivity index (χ2v) is 9.63. The van der Waals surface area contributed by atoms with Crippen LogP contribution >= 0.6 is 0 Å². The third-order valence-corrected chi connectivity index (χ3v) is 7.02. The first-order valence-corrected chi connectivity index (χ1v) is 12.4. The molecule has 0 amide bonds. The normalized spacial score (nSPS) is 12.8. The molecule has 0 aliphatic carbocycles. The number of imidazole rings is 1. The molecule has 2 aromatic heterocycles. The Hall–Kier alpha value is -3.07. The number of aryl methyl sites for hydroxylation is 1. The van der Waals surface area contributed by atoms with Crippen LogP contribution in [0.2, 0.25) is 0 Å². The number of benzene rings is 2. The number of nitrogens with one attached hydrogen (secondary N) is 1. The van der Waals surface area contributed by atoms with E-state index in [2.05, 4.69) is 19.3 Å². The zero-order valence-corrected chi connectivity index (χ0v) is 19.6. The molecular formula is C25H28N4O3S. The molecule has 0 spiro atoms. The number of fused-ring (bicyclic) bond motifs is 1. The van der Waals surface area contributed by atoms with Gasteiger partial charge < -0.3 is 9.30 Å². The lowest BCUT2D eigenvalue weighted by Gasteiger charge is -2.19. The summed E-state index contributed by atoms with van der Waals surface area (Å²) in [4.78, 5) is 8.90. The number of hydrogen-bond donors (Lipinski definition) is 1. The van der Waals surface area contributed by atoms with E-state index in [1.165, 1.54) is 0 Å². The standard InChI is InChI=1S/C25H28N4O3S/c1-3-32-18-22(15-20-7-5-4-6-8-20)28-33(30,31)23-11-9-21(10-12-23)17-29-19(2)27-24-16-26-14-13-25(24)29/h4-14,16,22,28H,3,15,17-18H2,1-2H3. The van der Waals surface area contributed by atoms with Crippen LogP contribution in [0.4, 0.5) is 0 Å². The third-order valence-electron chi connectivity index (χ3n) is 5.49.